The summed E-state index contributed by atoms with van der Waals surface area (Å²) in [5, 5.41) is 3.55. The van der Waals surface area contributed by atoms with E-state index in [1.165, 1.54) is 16.4 Å². The number of nitrogens with zero attached hydrogens (tertiary/aromatic N) is 1. The number of sulfonamides is 1. The number of hydrogen-bond donors (Lipinski definition) is 1. The highest BCUT2D eigenvalue weighted by Gasteiger charge is 2.51. The van der Waals surface area contributed by atoms with Crippen molar-refractivity contribution >= 4 is 44.8 Å². The Balaban J connectivity index is 1.59. The van der Waals surface area contributed by atoms with Gasteiger partial charge in [0, 0.05) is 23.8 Å². The highest BCUT2D eigenvalue weighted by atomic mass is 35.5. The Morgan fingerprint density at radius 1 is 1.07 bits per heavy atom. The lowest BCUT2D eigenvalue weighted by molar-refractivity contribution is -0.118. The van der Waals surface area contributed by atoms with Crippen molar-refractivity contribution in [3.63, 3.8) is 0 Å². The van der Waals surface area contributed by atoms with Crippen LogP contribution in [-0.4, -0.2) is 44.9 Å². The maximum Gasteiger partial charge on any atom is 0.244 e. The van der Waals surface area contributed by atoms with Crippen LogP contribution in [0.3, 0.4) is 0 Å². The lowest BCUT2D eigenvalue weighted by atomic mass is 9.95. The van der Waals surface area contributed by atoms with E-state index in [4.69, 9.17) is 27.9 Å². The largest absolute Gasteiger partial charge is 0.379 e. The van der Waals surface area contributed by atoms with Crippen LogP contribution in [0.25, 0.3) is 0 Å². The molecule has 0 atom stereocenters. The molecule has 2 aliphatic rings. The molecule has 0 radical (unpaired) electrons. The number of hydrogen-bond acceptors (Lipinski definition) is 4. The van der Waals surface area contributed by atoms with Crippen molar-refractivity contribution in [1.29, 1.82) is 0 Å². The Bertz CT molecular complexity index is 1050. The van der Waals surface area contributed by atoms with Crippen LogP contribution in [0, 0.1) is 0 Å². The molecule has 1 saturated carbocycles. The molecule has 1 aliphatic heterocycles. The van der Waals surface area contributed by atoms with Gasteiger partial charge in [0.25, 0.3) is 0 Å². The molecular formula is C20H20Cl2N2O4S. The summed E-state index contributed by atoms with van der Waals surface area (Å²) in [5.41, 5.74) is 0.616. The van der Waals surface area contributed by atoms with Crippen LogP contribution in [0.2, 0.25) is 10.0 Å². The molecule has 1 saturated heterocycles. The minimum absolute atomic E-state index is 0.0218. The zero-order chi connectivity index (χ0) is 20.6. The standard InChI is InChI=1S/C20H20Cl2N2O4S/c21-15-3-1-2-14(12-15)20(6-7-20)19(25)23-16-4-5-17(22)18(13-16)29(26,27)24-8-10-28-11-9-24/h1-5,12-13H,6-11H2,(H,23,25). The van der Waals surface area contributed by atoms with Crippen LogP contribution in [0.5, 0.6) is 0 Å². The third-order valence-electron chi connectivity index (χ3n) is 5.34. The SMILES string of the molecule is O=C(Nc1ccc(Cl)c(S(=O)(=O)N2CCOCC2)c1)C1(c2cccc(Cl)c2)CC1. The van der Waals surface area contributed by atoms with Crippen LogP contribution < -0.4 is 5.32 Å². The predicted octanol–water partition coefficient (Wildman–Crippen LogP) is 3.68. The summed E-state index contributed by atoms with van der Waals surface area (Å²) in [6.07, 6.45) is 1.43. The molecule has 4 rings (SSSR count). The second-order valence-corrected chi connectivity index (χ2v) is 9.96. The molecule has 2 aromatic rings. The number of benzene rings is 2. The van der Waals surface area contributed by atoms with Gasteiger partial charge >= 0.3 is 0 Å². The molecular weight excluding hydrogens is 435 g/mol. The van der Waals surface area contributed by atoms with Gasteiger partial charge in [0.1, 0.15) is 4.90 Å². The number of ether oxygens (including phenoxy) is 1. The third kappa shape index (κ3) is 4.02. The lowest BCUT2D eigenvalue weighted by Gasteiger charge is -2.26. The molecule has 1 aliphatic carbocycles. The summed E-state index contributed by atoms with van der Waals surface area (Å²) < 4.78 is 32.5. The van der Waals surface area contributed by atoms with Gasteiger partial charge in [-0.15, -0.1) is 0 Å². The van der Waals surface area contributed by atoms with E-state index < -0.39 is 15.4 Å². The molecule has 0 aromatic heterocycles. The Morgan fingerprint density at radius 3 is 2.45 bits per heavy atom. The number of carbonyl (C=O) groups excluding carboxylic acids is 1. The highest BCUT2D eigenvalue weighted by Crippen LogP contribution is 2.49. The van der Waals surface area contributed by atoms with Crippen LogP contribution >= 0.6 is 23.2 Å². The third-order valence-corrected chi connectivity index (χ3v) is 7.95. The monoisotopic (exact) mass is 454 g/mol. The summed E-state index contributed by atoms with van der Waals surface area (Å²) in [6.45, 7) is 1.23. The fourth-order valence-corrected chi connectivity index (χ4v) is 5.61. The molecule has 0 bridgehead atoms. The van der Waals surface area contributed by atoms with E-state index in [1.54, 1.807) is 18.2 Å². The highest BCUT2D eigenvalue weighted by molar-refractivity contribution is 7.89. The average Bonchev–Trinajstić information content (AvgIpc) is 3.52. The molecule has 29 heavy (non-hydrogen) atoms. The van der Waals surface area contributed by atoms with Gasteiger partial charge in [0.05, 0.1) is 23.7 Å². The van der Waals surface area contributed by atoms with E-state index in [9.17, 15) is 13.2 Å². The summed E-state index contributed by atoms with van der Waals surface area (Å²) in [6, 6.07) is 11.8. The number of carbonyl (C=O) groups is 1. The van der Waals surface area contributed by atoms with E-state index in [2.05, 4.69) is 5.32 Å². The fraction of sp³-hybridized carbons (Fsp3) is 0.350. The predicted molar refractivity (Wildman–Crippen MR) is 112 cm³/mol. The van der Waals surface area contributed by atoms with Gasteiger partial charge in [-0.3, -0.25) is 4.79 Å². The zero-order valence-electron chi connectivity index (χ0n) is 15.5. The van der Waals surface area contributed by atoms with Crippen LogP contribution in [0.4, 0.5) is 5.69 Å². The minimum atomic E-state index is -3.78. The van der Waals surface area contributed by atoms with Gasteiger partial charge in [-0.25, -0.2) is 8.42 Å². The first-order valence-electron chi connectivity index (χ1n) is 9.28. The van der Waals surface area contributed by atoms with Gasteiger partial charge in [-0.05, 0) is 48.7 Å². The summed E-state index contributed by atoms with van der Waals surface area (Å²) in [7, 11) is -3.78. The van der Waals surface area contributed by atoms with E-state index in [-0.39, 0.29) is 28.9 Å². The molecule has 1 N–H and O–H groups in total. The molecule has 2 fully saturated rings. The molecule has 1 heterocycles. The second-order valence-electron chi connectivity index (χ2n) is 7.21. The van der Waals surface area contributed by atoms with E-state index in [0.29, 0.717) is 36.8 Å². The first-order valence-corrected chi connectivity index (χ1v) is 11.5. The number of rotatable bonds is 5. The quantitative estimate of drug-likeness (QED) is 0.747. The number of nitrogens with one attached hydrogen (secondary N) is 1. The number of morpholine rings is 1. The molecule has 0 spiro atoms. The maximum absolute atomic E-state index is 13.0. The van der Waals surface area contributed by atoms with Gasteiger partial charge in [0.2, 0.25) is 15.9 Å². The fourth-order valence-electron chi connectivity index (χ4n) is 3.51. The first kappa shape index (κ1) is 20.6. The molecule has 6 nitrogen and oxygen atoms in total. The van der Waals surface area contributed by atoms with Crippen molar-refractivity contribution in [3.8, 4) is 0 Å². The van der Waals surface area contributed by atoms with Gasteiger partial charge in [-0.2, -0.15) is 4.31 Å². The number of amides is 1. The Morgan fingerprint density at radius 2 is 1.79 bits per heavy atom. The zero-order valence-corrected chi connectivity index (χ0v) is 17.9. The molecule has 0 unspecified atom stereocenters. The maximum atomic E-state index is 13.0. The summed E-state index contributed by atoms with van der Waals surface area (Å²) >= 11 is 12.3. The first-order chi connectivity index (χ1) is 13.8. The molecule has 1 amide bonds. The molecule has 154 valence electrons. The van der Waals surface area contributed by atoms with Crippen molar-refractivity contribution < 1.29 is 17.9 Å². The Kier molecular flexibility index (Phi) is 5.61. The number of halogens is 2. The number of anilines is 1. The van der Waals surface area contributed by atoms with Gasteiger partial charge in [0.15, 0.2) is 0 Å². The van der Waals surface area contributed by atoms with Crippen molar-refractivity contribution in [2.24, 2.45) is 0 Å². The lowest BCUT2D eigenvalue weighted by Crippen LogP contribution is -2.40. The van der Waals surface area contributed by atoms with Crippen LogP contribution in [0.15, 0.2) is 47.4 Å². The smallest absolute Gasteiger partial charge is 0.244 e. The van der Waals surface area contributed by atoms with Crippen molar-refractivity contribution in [2.75, 3.05) is 31.6 Å². The average molecular weight is 455 g/mol. The van der Waals surface area contributed by atoms with Crippen molar-refractivity contribution in [2.45, 2.75) is 23.2 Å². The van der Waals surface area contributed by atoms with E-state index >= 15 is 0 Å². The summed E-state index contributed by atoms with van der Waals surface area (Å²) in [4.78, 5) is 13.0. The van der Waals surface area contributed by atoms with Crippen molar-refractivity contribution in [3.05, 3.63) is 58.1 Å². The van der Waals surface area contributed by atoms with Gasteiger partial charge in [-0.1, -0.05) is 35.3 Å². The minimum Gasteiger partial charge on any atom is -0.379 e. The molecule has 2 aromatic carbocycles. The van der Waals surface area contributed by atoms with Crippen molar-refractivity contribution in [1.82, 2.24) is 4.31 Å². The topological polar surface area (TPSA) is 75.7 Å². The second kappa shape index (κ2) is 7.89. The Hall–Kier alpha value is -1.64. The van der Waals surface area contributed by atoms with Crippen LogP contribution in [-0.2, 0) is 25.0 Å². The Labute approximate surface area is 179 Å². The summed E-state index contributed by atoms with van der Waals surface area (Å²) in [5.74, 6) is -0.184. The van der Waals surface area contributed by atoms with Crippen LogP contribution in [0.1, 0.15) is 18.4 Å². The normalized spacial score (nSPS) is 19.0. The van der Waals surface area contributed by atoms with E-state index in [1.807, 2.05) is 12.1 Å². The van der Waals surface area contributed by atoms with E-state index in [0.717, 1.165) is 5.56 Å². The molecule has 9 heteroatoms. The van der Waals surface area contributed by atoms with Gasteiger partial charge < -0.3 is 10.1 Å².